The summed E-state index contributed by atoms with van der Waals surface area (Å²) in [7, 11) is 5.94. The molecule has 0 bridgehead atoms. The maximum atomic E-state index is 13.5. The van der Waals surface area contributed by atoms with E-state index in [1.807, 2.05) is 36.4 Å². The zero-order valence-electron chi connectivity index (χ0n) is 21.1. The third-order valence-corrected chi connectivity index (χ3v) is 5.98. The lowest BCUT2D eigenvalue weighted by Crippen LogP contribution is -2.30. The second-order valence-corrected chi connectivity index (χ2v) is 8.25. The second kappa shape index (κ2) is 11.5. The number of rotatable bonds is 9. The number of hydrogen-bond acceptors (Lipinski definition) is 8. The molecule has 1 unspecified atom stereocenters. The first-order valence-electron chi connectivity index (χ1n) is 11.6. The zero-order valence-corrected chi connectivity index (χ0v) is 21.1. The van der Waals surface area contributed by atoms with Gasteiger partial charge in [-0.1, -0.05) is 36.4 Å². The number of esters is 1. The van der Waals surface area contributed by atoms with Crippen molar-refractivity contribution in [2.45, 2.75) is 6.42 Å². The van der Waals surface area contributed by atoms with Crippen LogP contribution in [0.3, 0.4) is 0 Å². The highest BCUT2D eigenvalue weighted by molar-refractivity contribution is 6.05. The third kappa shape index (κ3) is 5.53. The largest absolute Gasteiger partial charge is 0.493 e. The molecule has 0 amide bonds. The number of fused-ring (bicyclic) bond motifs is 1. The van der Waals surface area contributed by atoms with E-state index in [-0.39, 0.29) is 23.9 Å². The summed E-state index contributed by atoms with van der Waals surface area (Å²) in [4.78, 5) is 26.0. The van der Waals surface area contributed by atoms with Crippen LogP contribution in [-0.4, -0.2) is 46.8 Å². The van der Waals surface area contributed by atoms with Crippen molar-refractivity contribution in [1.82, 2.24) is 0 Å². The Morgan fingerprint density at radius 3 is 2.30 bits per heavy atom. The smallest absolute Gasteiger partial charge is 0.336 e. The van der Waals surface area contributed by atoms with Gasteiger partial charge in [-0.3, -0.25) is 4.79 Å². The van der Waals surface area contributed by atoms with Crippen LogP contribution in [0, 0.1) is 5.92 Å². The number of ketones is 1. The topological polar surface area (TPSA) is 89.5 Å². The highest BCUT2D eigenvalue weighted by atomic mass is 16.6. The molecule has 3 aromatic carbocycles. The molecule has 1 atom stereocenters. The molecule has 8 nitrogen and oxygen atoms in total. The first-order chi connectivity index (χ1) is 18.0. The van der Waals surface area contributed by atoms with E-state index < -0.39 is 11.9 Å². The van der Waals surface area contributed by atoms with Crippen molar-refractivity contribution in [2.24, 2.45) is 5.92 Å². The van der Waals surface area contributed by atoms with Gasteiger partial charge in [0.25, 0.3) is 0 Å². The molecule has 1 aliphatic rings. The molecule has 0 saturated carbocycles. The summed E-state index contributed by atoms with van der Waals surface area (Å²) in [5.74, 6) is 0.864. The van der Waals surface area contributed by atoms with E-state index in [0.717, 1.165) is 11.1 Å². The Hall–Kier alpha value is -4.46. The van der Waals surface area contributed by atoms with E-state index in [2.05, 4.69) is 0 Å². The summed E-state index contributed by atoms with van der Waals surface area (Å²) in [6, 6.07) is 16.3. The number of methoxy groups -OCH3 is 4. The molecule has 0 radical (unpaired) electrons. The molecule has 0 N–H and O–H groups in total. The van der Waals surface area contributed by atoms with E-state index >= 15 is 0 Å². The van der Waals surface area contributed by atoms with Crippen LogP contribution in [-0.2, 0) is 11.2 Å². The van der Waals surface area contributed by atoms with Crippen molar-refractivity contribution < 1.29 is 38.0 Å². The number of carbonyl (C=O) groups is 2. The van der Waals surface area contributed by atoms with Crippen LogP contribution < -0.4 is 28.4 Å². The Bertz CT molecular complexity index is 1310. The summed E-state index contributed by atoms with van der Waals surface area (Å²) in [5.41, 5.74) is 1.96. The van der Waals surface area contributed by atoms with Gasteiger partial charge in [-0.2, -0.15) is 0 Å². The standard InChI is InChI=1S/C29H28O8/c1-32-21-12-10-19(15-22(21)37-25(30)13-11-18-8-6-5-7-9-18)14-20-17-36-23-16-24(33-2)28(34-3)29(35-4)26(23)27(20)31/h5-13,15-16,20H,14,17H2,1-4H3/b13-11+. The average molecular weight is 505 g/mol. The molecule has 4 rings (SSSR count). The van der Waals surface area contributed by atoms with E-state index in [4.69, 9.17) is 28.4 Å². The summed E-state index contributed by atoms with van der Waals surface area (Å²) >= 11 is 0. The molecule has 0 fully saturated rings. The van der Waals surface area contributed by atoms with Crippen molar-refractivity contribution in [1.29, 1.82) is 0 Å². The Morgan fingerprint density at radius 2 is 1.62 bits per heavy atom. The molecule has 3 aromatic rings. The lowest BCUT2D eigenvalue weighted by atomic mass is 9.88. The number of Topliss-reactive ketones (excluding diaryl/α,β-unsaturated/α-hetero) is 1. The van der Waals surface area contributed by atoms with Gasteiger partial charge in [0.2, 0.25) is 5.75 Å². The quantitative estimate of drug-likeness (QED) is 0.234. The molecular weight excluding hydrogens is 476 g/mol. The van der Waals surface area contributed by atoms with Gasteiger partial charge in [0.05, 0.1) is 41.0 Å². The Morgan fingerprint density at radius 1 is 0.892 bits per heavy atom. The average Bonchev–Trinajstić information content (AvgIpc) is 2.93. The Labute approximate surface area is 215 Å². The van der Waals surface area contributed by atoms with Crippen molar-refractivity contribution in [3.63, 3.8) is 0 Å². The van der Waals surface area contributed by atoms with Gasteiger partial charge in [-0.15, -0.1) is 0 Å². The molecule has 37 heavy (non-hydrogen) atoms. The van der Waals surface area contributed by atoms with Gasteiger partial charge < -0.3 is 28.4 Å². The lowest BCUT2D eigenvalue weighted by Gasteiger charge is -2.27. The summed E-state index contributed by atoms with van der Waals surface area (Å²) in [5, 5.41) is 0. The fraction of sp³-hybridized carbons (Fsp3) is 0.241. The zero-order chi connectivity index (χ0) is 26.4. The molecule has 0 aromatic heterocycles. The van der Waals surface area contributed by atoms with Gasteiger partial charge in [0.15, 0.2) is 28.8 Å². The molecule has 1 heterocycles. The van der Waals surface area contributed by atoms with Gasteiger partial charge in [0.1, 0.15) is 11.3 Å². The minimum absolute atomic E-state index is 0.140. The molecule has 0 saturated heterocycles. The van der Waals surface area contributed by atoms with Crippen molar-refractivity contribution >= 4 is 17.8 Å². The Balaban J connectivity index is 1.55. The summed E-state index contributed by atoms with van der Waals surface area (Å²) < 4.78 is 33.1. The van der Waals surface area contributed by atoms with Crippen LogP contribution >= 0.6 is 0 Å². The predicted octanol–water partition coefficient (Wildman–Crippen LogP) is 4.77. The van der Waals surface area contributed by atoms with Crippen LogP contribution in [0.2, 0.25) is 0 Å². The molecule has 0 spiro atoms. The van der Waals surface area contributed by atoms with E-state index in [0.29, 0.717) is 35.0 Å². The molecular formula is C29H28O8. The molecule has 0 aliphatic carbocycles. The highest BCUT2D eigenvalue weighted by Gasteiger charge is 2.35. The van der Waals surface area contributed by atoms with Crippen molar-refractivity contribution in [2.75, 3.05) is 35.0 Å². The Kier molecular flexibility index (Phi) is 7.98. The summed E-state index contributed by atoms with van der Waals surface area (Å²) in [6.07, 6.45) is 3.37. The first kappa shape index (κ1) is 25.6. The fourth-order valence-corrected chi connectivity index (χ4v) is 4.19. The molecule has 8 heteroatoms. The third-order valence-electron chi connectivity index (χ3n) is 5.98. The van der Waals surface area contributed by atoms with E-state index in [1.165, 1.54) is 34.5 Å². The monoisotopic (exact) mass is 504 g/mol. The highest BCUT2D eigenvalue weighted by Crippen LogP contribution is 2.47. The molecule has 1 aliphatic heterocycles. The van der Waals surface area contributed by atoms with Gasteiger partial charge in [-0.25, -0.2) is 4.79 Å². The van der Waals surface area contributed by atoms with E-state index in [1.54, 1.807) is 24.3 Å². The number of benzene rings is 3. The number of ether oxygens (including phenoxy) is 6. The SMILES string of the molecule is COc1ccc(CC2COc3cc(OC)c(OC)c(OC)c3C2=O)cc1OC(=O)/C=C/c1ccccc1. The van der Waals surface area contributed by atoms with Crippen LogP contribution in [0.25, 0.3) is 6.08 Å². The van der Waals surface area contributed by atoms with Gasteiger partial charge >= 0.3 is 5.97 Å². The number of carbonyl (C=O) groups excluding carboxylic acids is 2. The van der Waals surface area contributed by atoms with Gasteiger partial charge in [0, 0.05) is 12.1 Å². The normalized spacial score (nSPS) is 14.5. The minimum Gasteiger partial charge on any atom is -0.493 e. The summed E-state index contributed by atoms with van der Waals surface area (Å²) in [6.45, 7) is 0.172. The second-order valence-electron chi connectivity index (χ2n) is 8.25. The number of hydrogen-bond donors (Lipinski definition) is 0. The van der Waals surface area contributed by atoms with Crippen LogP contribution in [0.4, 0.5) is 0 Å². The van der Waals surface area contributed by atoms with Gasteiger partial charge in [-0.05, 0) is 35.8 Å². The minimum atomic E-state index is -0.545. The maximum absolute atomic E-state index is 13.5. The van der Waals surface area contributed by atoms with Crippen molar-refractivity contribution in [3.8, 4) is 34.5 Å². The van der Waals surface area contributed by atoms with Crippen LogP contribution in [0.1, 0.15) is 21.5 Å². The maximum Gasteiger partial charge on any atom is 0.336 e. The van der Waals surface area contributed by atoms with Crippen LogP contribution in [0.5, 0.6) is 34.5 Å². The first-order valence-corrected chi connectivity index (χ1v) is 11.6. The van der Waals surface area contributed by atoms with Crippen molar-refractivity contribution in [3.05, 3.63) is 77.4 Å². The lowest BCUT2D eigenvalue weighted by molar-refractivity contribution is -0.129. The predicted molar refractivity (Wildman–Crippen MR) is 137 cm³/mol. The van der Waals surface area contributed by atoms with Crippen LogP contribution in [0.15, 0.2) is 60.7 Å². The molecule has 192 valence electrons. The van der Waals surface area contributed by atoms with E-state index in [9.17, 15) is 9.59 Å². The fourth-order valence-electron chi connectivity index (χ4n) is 4.19.